The molecule has 0 bridgehead atoms. The molecule has 2 heteroatoms. The predicted molar refractivity (Wildman–Crippen MR) is 54.3 cm³/mol. The highest BCUT2D eigenvalue weighted by molar-refractivity contribution is 5.91. The van der Waals surface area contributed by atoms with E-state index in [1.807, 2.05) is 6.92 Å². The molecule has 2 nitrogen and oxygen atoms in total. The van der Waals surface area contributed by atoms with E-state index >= 15 is 0 Å². The Labute approximate surface area is 79.6 Å². The van der Waals surface area contributed by atoms with Crippen molar-refractivity contribution < 1.29 is 9.53 Å². The van der Waals surface area contributed by atoms with E-state index in [1.54, 1.807) is 6.08 Å². The summed E-state index contributed by atoms with van der Waals surface area (Å²) in [6, 6.07) is 0. The molecular formula is C11H16O2. The minimum absolute atomic E-state index is 0.330. The Morgan fingerprint density at radius 1 is 1.46 bits per heavy atom. The van der Waals surface area contributed by atoms with Gasteiger partial charge in [0.05, 0.1) is 12.2 Å². The Balaban J connectivity index is 3.99. The summed E-state index contributed by atoms with van der Waals surface area (Å²) in [5.74, 6) is -0.330. The van der Waals surface area contributed by atoms with Crippen LogP contribution >= 0.6 is 0 Å². The normalized spacial score (nSPS) is 10.7. The van der Waals surface area contributed by atoms with E-state index in [4.69, 9.17) is 4.74 Å². The first-order valence-corrected chi connectivity index (χ1v) is 4.38. The van der Waals surface area contributed by atoms with Crippen molar-refractivity contribution in [3.05, 3.63) is 37.0 Å². The Morgan fingerprint density at radius 2 is 2.15 bits per heavy atom. The first kappa shape index (κ1) is 11.7. The monoisotopic (exact) mass is 180 g/mol. The number of rotatable bonds is 6. The maximum Gasteiger partial charge on any atom is 0.338 e. The summed E-state index contributed by atoms with van der Waals surface area (Å²) in [4.78, 5) is 11.2. The average molecular weight is 180 g/mol. The molecule has 13 heavy (non-hydrogen) atoms. The van der Waals surface area contributed by atoms with Gasteiger partial charge in [0.15, 0.2) is 0 Å². The number of hydrogen-bond donors (Lipinski definition) is 0. The summed E-state index contributed by atoms with van der Waals surface area (Å²) < 4.78 is 4.96. The molecule has 0 aliphatic carbocycles. The third kappa shape index (κ3) is 5.01. The number of hydrogen-bond acceptors (Lipinski definition) is 2. The Kier molecular flexibility index (Phi) is 6.60. The van der Waals surface area contributed by atoms with Gasteiger partial charge < -0.3 is 4.74 Å². The summed E-state index contributed by atoms with van der Waals surface area (Å²) >= 11 is 0. The van der Waals surface area contributed by atoms with Crippen molar-refractivity contribution >= 4 is 5.97 Å². The zero-order chi connectivity index (χ0) is 10.1. The van der Waals surface area contributed by atoms with Gasteiger partial charge >= 0.3 is 5.97 Å². The standard InChI is InChI=1S/C11H16O2/c1-4-7-9-13-11(12)10(6-3)8-5-2/h5-6,8H,2-4,7,9H2,1H3/b10-8+. The lowest BCUT2D eigenvalue weighted by Gasteiger charge is -2.02. The van der Waals surface area contributed by atoms with Gasteiger partial charge in [-0.25, -0.2) is 4.79 Å². The van der Waals surface area contributed by atoms with Crippen LogP contribution < -0.4 is 0 Å². The van der Waals surface area contributed by atoms with Crippen LogP contribution in [0, 0.1) is 0 Å². The quantitative estimate of drug-likeness (QED) is 0.272. The van der Waals surface area contributed by atoms with E-state index < -0.39 is 0 Å². The fourth-order valence-corrected chi connectivity index (χ4v) is 0.739. The van der Waals surface area contributed by atoms with Crippen LogP contribution in [0.4, 0.5) is 0 Å². The van der Waals surface area contributed by atoms with Gasteiger partial charge in [-0.2, -0.15) is 0 Å². The molecule has 0 aromatic carbocycles. The maximum atomic E-state index is 11.2. The second-order valence-electron chi connectivity index (χ2n) is 2.55. The molecule has 0 heterocycles. The highest BCUT2D eigenvalue weighted by Crippen LogP contribution is 2.00. The maximum absolute atomic E-state index is 11.2. The lowest BCUT2D eigenvalue weighted by atomic mass is 10.2. The van der Waals surface area contributed by atoms with Crippen LogP contribution in [0.3, 0.4) is 0 Å². The van der Waals surface area contributed by atoms with Crippen LogP contribution in [0.15, 0.2) is 37.0 Å². The minimum Gasteiger partial charge on any atom is -0.462 e. The summed E-state index contributed by atoms with van der Waals surface area (Å²) in [5.41, 5.74) is 0.450. The van der Waals surface area contributed by atoms with Crippen molar-refractivity contribution in [2.75, 3.05) is 6.61 Å². The molecule has 0 aromatic heterocycles. The van der Waals surface area contributed by atoms with Gasteiger partial charge in [-0.3, -0.25) is 0 Å². The zero-order valence-corrected chi connectivity index (χ0v) is 8.08. The number of carbonyl (C=O) groups excluding carboxylic acids is 1. The van der Waals surface area contributed by atoms with Crippen LogP contribution in [0.25, 0.3) is 0 Å². The van der Waals surface area contributed by atoms with Crippen LogP contribution in [0.5, 0.6) is 0 Å². The van der Waals surface area contributed by atoms with Crippen LogP contribution in [-0.4, -0.2) is 12.6 Å². The van der Waals surface area contributed by atoms with Gasteiger partial charge in [0, 0.05) is 0 Å². The molecule has 72 valence electrons. The SMILES string of the molecule is C=C/C=C(\C=C)C(=O)OCCCC. The van der Waals surface area contributed by atoms with Crippen molar-refractivity contribution in [2.45, 2.75) is 19.8 Å². The minimum atomic E-state index is -0.330. The molecule has 0 aromatic rings. The Hall–Kier alpha value is -1.31. The van der Waals surface area contributed by atoms with E-state index in [2.05, 4.69) is 13.2 Å². The van der Waals surface area contributed by atoms with Gasteiger partial charge in [-0.05, 0) is 12.5 Å². The molecule has 0 unspecified atom stereocenters. The largest absolute Gasteiger partial charge is 0.462 e. The van der Waals surface area contributed by atoms with Crippen LogP contribution in [0.1, 0.15) is 19.8 Å². The van der Waals surface area contributed by atoms with Gasteiger partial charge in [0.1, 0.15) is 0 Å². The highest BCUT2D eigenvalue weighted by atomic mass is 16.5. The predicted octanol–water partition coefficient (Wildman–Crippen LogP) is 2.63. The van der Waals surface area contributed by atoms with Gasteiger partial charge in [0.25, 0.3) is 0 Å². The summed E-state index contributed by atoms with van der Waals surface area (Å²) in [5, 5.41) is 0. The second kappa shape index (κ2) is 7.35. The first-order chi connectivity index (χ1) is 6.26. The molecule has 0 N–H and O–H groups in total. The Morgan fingerprint density at radius 3 is 2.62 bits per heavy atom. The van der Waals surface area contributed by atoms with E-state index in [1.165, 1.54) is 12.2 Å². The fraction of sp³-hybridized carbons (Fsp3) is 0.364. The molecule has 0 aliphatic heterocycles. The van der Waals surface area contributed by atoms with Crippen LogP contribution in [0.2, 0.25) is 0 Å². The van der Waals surface area contributed by atoms with Gasteiger partial charge in [-0.1, -0.05) is 38.7 Å². The van der Waals surface area contributed by atoms with Crippen molar-refractivity contribution in [1.29, 1.82) is 0 Å². The number of carbonyl (C=O) groups is 1. The highest BCUT2D eigenvalue weighted by Gasteiger charge is 2.04. The lowest BCUT2D eigenvalue weighted by molar-refractivity contribution is -0.138. The van der Waals surface area contributed by atoms with Crippen LogP contribution in [-0.2, 0) is 9.53 Å². The lowest BCUT2D eigenvalue weighted by Crippen LogP contribution is -2.07. The molecule has 0 radical (unpaired) electrons. The first-order valence-electron chi connectivity index (χ1n) is 4.38. The molecule has 0 amide bonds. The number of unbranched alkanes of at least 4 members (excludes halogenated alkanes) is 1. The Bertz CT molecular complexity index is 214. The molecule has 0 spiro atoms. The molecular weight excluding hydrogens is 164 g/mol. The molecule has 0 aliphatic rings. The summed E-state index contributed by atoms with van der Waals surface area (Å²) in [6.07, 6.45) is 6.50. The summed E-state index contributed by atoms with van der Waals surface area (Å²) in [6.45, 7) is 9.52. The van der Waals surface area contributed by atoms with E-state index in [0.29, 0.717) is 12.2 Å². The third-order valence-corrected chi connectivity index (χ3v) is 1.48. The molecule has 0 saturated carbocycles. The fourth-order valence-electron chi connectivity index (χ4n) is 0.739. The number of allylic oxidation sites excluding steroid dienone is 2. The zero-order valence-electron chi connectivity index (χ0n) is 8.08. The van der Waals surface area contributed by atoms with Crippen molar-refractivity contribution in [3.8, 4) is 0 Å². The molecule has 0 rings (SSSR count). The van der Waals surface area contributed by atoms with Crippen molar-refractivity contribution in [2.24, 2.45) is 0 Å². The topological polar surface area (TPSA) is 26.3 Å². The van der Waals surface area contributed by atoms with Crippen molar-refractivity contribution in [1.82, 2.24) is 0 Å². The molecule has 0 atom stereocenters. The van der Waals surface area contributed by atoms with E-state index in [9.17, 15) is 4.79 Å². The second-order valence-corrected chi connectivity index (χ2v) is 2.55. The van der Waals surface area contributed by atoms with E-state index in [-0.39, 0.29) is 5.97 Å². The number of esters is 1. The van der Waals surface area contributed by atoms with Gasteiger partial charge in [0.2, 0.25) is 0 Å². The van der Waals surface area contributed by atoms with Crippen molar-refractivity contribution in [3.63, 3.8) is 0 Å². The number of ether oxygens (including phenoxy) is 1. The average Bonchev–Trinajstić information content (AvgIpc) is 2.14. The summed E-state index contributed by atoms with van der Waals surface area (Å²) in [7, 11) is 0. The van der Waals surface area contributed by atoms with E-state index in [0.717, 1.165) is 12.8 Å². The van der Waals surface area contributed by atoms with Gasteiger partial charge in [-0.15, -0.1) is 0 Å². The molecule has 0 saturated heterocycles. The molecule has 0 fully saturated rings. The smallest absolute Gasteiger partial charge is 0.338 e. The third-order valence-electron chi connectivity index (χ3n) is 1.48.